The number of carbonyl (C=O) groups is 1. The van der Waals surface area contributed by atoms with Gasteiger partial charge in [-0.05, 0) is 51.8 Å². The fraction of sp³-hybridized carbons (Fsp3) is 0.133. The van der Waals surface area contributed by atoms with Crippen LogP contribution in [0.5, 0.6) is 0 Å². The number of benzene rings is 2. The molecular formula is C15H14BrClN2O. The molecule has 5 heteroatoms. The lowest BCUT2D eigenvalue weighted by Gasteiger charge is -2.18. The third-order valence-electron chi connectivity index (χ3n) is 2.88. The Labute approximate surface area is 131 Å². The Balaban J connectivity index is 2.16. The number of amides is 1. The Kier molecular flexibility index (Phi) is 4.68. The third-order valence-corrected chi connectivity index (χ3v) is 3.77. The van der Waals surface area contributed by atoms with Gasteiger partial charge in [0.25, 0.3) is 5.91 Å². The SMILES string of the molecule is CN(Cc1cccc(N)c1)C(=O)c1ccc(Cl)cc1Br. The Morgan fingerprint density at radius 3 is 2.70 bits per heavy atom. The molecule has 104 valence electrons. The molecular weight excluding hydrogens is 340 g/mol. The fourth-order valence-corrected chi connectivity index (χ4v) is 2.76. The van der Waals surface area contributed by atoms with E-state index in [1.165, 1.54) is 0 Å². The van der Waals surface area contributed by atoms with Crippen molar-refractivity contribution in [1.82, 2.24) is 4.90 Å². The Hall–Kier alpha value is -1.52. The van der Waals surface area contributed by atoms with Crippen molar-refractivity contribution in [2.45, 2.75) is 6.54 Å². The van der Waals surface area contributed by atoms with E-state index in [1.54, 1.807) is 30.1 Å². The zero-order chi connectivity index (χ0) is 14.7. The van der Waals surface area contributed by atoms with Crippen LogP contribution in [-0.4, -0.2) is 17.9 Å². The first-order valence-electron chi connectivity index (χ1n) is 6.02. The first-order valence-corrected chi connectivity index (χ1v) is 7.19. The van der Waals surface area contributed by atoms with E-state index in [0.717, 1.165) is 5.56 Å². The number of nitrogens with two attached hydrogens (primary N) is 1. The lowest BCUT2D eigenvalue weighted by Crippen LogP contribution is -2.26. The number of rotatable bonds is 3. The summed E-state index contributed by atoms with van der Waals surface area (Å²) < 4.78 is 0.689. The van der Waals surface area contributed by atoms with Gasteiger partial charge in [0.05, 0.1) is 5.56 Å². The molecule has 0 saturated heterocycles. The molecule has 0 atom stereocenters. The summed E-state index contributed by atoms with van der Waals surface area (Å²) in [6, 6.07) is 12.6. The van der Waals surface area contributed by atoms with Crippen LogP contribution in [0.3, 0.4) is 0 Å². The van der Waals surface area contributed by atoms with E-state index in [9.17, 15) is 4.79 Å². The van der Waals surface area contributed by atoms with Crippen molar-refractivity contribution < 1.29 is 4.79 Å². The summed E-state index contributed by atoms with van der Waals surface area (Å²) in [6.45, 7) is 0.499. The van der Waals surface area contributed by atoms with Crippen molar-refractivity contribution in [3.63, 3.8) is 0 Å². The molecule has 2 aromatic rings. The summed E-state index contributed by atoms with van der Waals surface area (Å²) in [5.41, 5.74) is 8.00. The molecule has 0 aliphatic heterocycles. The molecule has 0 fully saturated rings. The maximum Gasteiger partial charge on any atom is 0.255 e. The topological polar surface area (TPSA) is 46.3 Å². The van der Waals surface area contributed by atoms with Gasteiger partial charge in [-0.3, -0.25) is 4.79 Å². The Morgan fingerprint density at radius 1 is 1.30 bits per heavy atom. The average Bonchev–Trinajstić information content (AvgIpc) is 2.38. The standard InChI is InChI=1S/C15H14BrClN2O/c1-19(9-10-3-2-4-12(18)7-10)15(20)13-6-5-11(17)8-14(13)16/h2-8H,9,18H2,1H3. The molecule has 20 heavy (non-hydrogen) atoms. The van der Waals surface area contributed by atoms with Crippen molar-refractivity contribution in [1.29, 1.82) is 0 Å². The number of hydrogen-bond donors (Lipinski definition) is 1. The van der Waals surface area contributed by atoms with Crippen LogP contribution >= 0.6 is 27.5 Å². The van der Waals surface area contributed by atoms with E-state index in [1.807, 2.05) is 24.3 Å². The molecule has 2 rings (SSSR count). The van der Waals surface area contributed by atoms with Crippen LogP contribution in [0.4, 0.5) is 5.69 Å². The van der Waals surface area contributed by atoms with Gasteiger partial charge in [-0.15, -0.1) is 0 Å². The van der Waals surface area contributed by atoms with E-state index >= 15 is 0 Å². The normalized spacial score (nSPS) is 10.3. The molecule has 0 unspecified atom stereocenters. The molecule has 2 aromatic carbocycles. The largest absolute Gasteiger partial charge is 0.399 e. The molecule has 0 saturated carbocycles. The minimum absolute atomic E-state index is 0.0732. The van der Waals surface area contributed by atoms with Crippen molar-refractivity contribution in [3.05, 3.63) is 63.1 Å². The fourth-order valence-electron chi connectivity index (χ4n) is 1.91. The summed E-state index contributed by atoms with van der Waals surface area (Å²) in [5, 5.41) is 0.590. The summed E-state index contributed by atoms with van der Waals surface area (Å²) in [6.07, 6.45) is 0. The molecule has 0 aliphatic rings. The quantitative estimate of drug-likeness (QED) is 0.849. The highest BCUT2D eigenvalue weighted by atomic mass is 79.9. The number of nitrogen functional groups attached to an aromatic ring is 1. The highest BCUT2D eigenvalue weighted by Gasteiger charge is 2.15. The molecule has 1 amide bonds. The highest BCUT2D eigenvalue weighted by Crippen LogP contribution is 2.23. The summed E-state index contributed by atoms with van der Waals surface area (Å²) in [7, 11) is 1.76. The van der Waals surface area contributed by atoms with Crippen LogP contribution in [0.2, 0.25) is 5.02 Å². The van der Waals surface area contributed by atoms with Gasteiger partial charge < -0.3 is 10.6 Å². The second kappa shape index (κ2) is 6.29. The molecule has 0 bridgehead atoms. The number of halogens is 2. The van der Waals surface area contributed by atoms with Crippen molar-refractivity contribution >= 4 is 39.1 Å². The molecule has 0 heterocycles. The van der Waals surface area contributed by atoms with Gasteiger partial charge in [-0.25, -0.2) is 0 Å². The summed E-state index contributed by atoms with van der Waals surface area (Å²) >= 11 is 9.24. The monoisotopic (exact) mass is 352 g/mol. The van der Waals surface area contributed by atoms with Crippen LogP contribution in [0.1, 0.15) is 15.9 Å². The van der Waals surface area contributed by atoms with E-state index in [-0.39, 0.29) is 5.91 Å². The smallest absolute Gasteiger partial charge is 0.255 e. The second-order valence-electron chi connectivity index (χ2n) is 4.53. The zero-order valence-electron chi connectivity index (χ0n) is 10.9. The van der Waals surface area contributed by atoms with Gasteiger partial charge in [0.2, 0.25) is 0 Å². The van der Waals surface area contributed by atoms with Crippen molar-refractivity contribution in [2.75, 3.05) is 12.8 Å². The van der Waals surface area contributed by atoms with Gasteiger partial charge in [-0.1, -0.05) is 23.7 Å². The van der Waals surface area contributed by atoms with Crippen molar-refractivity contribution in [2.24, 2.45) is 0 Å². The lowest BCUT2D eigenvalue weighted by molar-refractivity contribution is 0.0784. The van der Waals surface area contributed by atoms with Gasteiger partial charge in [-0.2, -0.15) is 0 Å². The van der Waals surface area contributed by atoms with Gasteiger partial charge in [0.1, 0.15) is 0 Å². The van der Waals surface area contributed by atoms with E-state index in [0.29, 0.717) is 27.3 Å². The zero-order valence-corrected chi connectivity index (χ0v) is 13.3. The van der Waals surface area contributed by atoms with Crippen LogP contribution in [0, 0.1) is 0 Å². The molecule has 0 radical (unpaired) electrons. The van der Waals surface area contributed by atoms with Crippen LogP contribution in [0.15, 0.2) is 46.9 Å². The molecule has 2 N–H and O–H groups in total. The predicted octanol–water partition coefficient (Wildman–Crippen LogP) is 3.96. The first kappa shape index (κ1) is 14.9. The highest BCUT2D eigenvalue weighted by molar-refractivity contribution is 9.10. The van der Waals surface area contributed by atoms with E-state index < -0.39 is 0 Å². The molecule has 0 aromatic heterocycles. The molecule has 0 spiro atoms. The first-order chi connectivity index (χ1) is 9.47. The van der Waals surface area contributed by atoms with Gasteiger partial charge >= 0.3 is 0 Å². The predicted molar refractivity (Wildman–Crippen MR) is 85.8 cm³/mol. The van der Waals surface area contributed by atoms with Crippen LogP contribution < -0.4 is 5.73 Å². The summed E-state index contributed by atoms with van der Waals surface area (Å²) in [4.78, 5) is 14.0. The number of hydrogen-bond acceptors (Lipinski definition) is 2. The number of carbonyl (C=O) groups excluding carboxylic acids is 1. The van der Waals surface area contributed by atoms with E-state index in [4.69, 9.17) is 17.3 Å². The molecule has 0 aliphatic carbocycles. The van der Waals surface area contributed by atoms with Gasteiger partial charge in [0.15, 0.2) is 0 Å². The minimum atomic E-state index is -0.0732. The Morgan fingerprint density at radius 2 is 2.05 bits per heavy atom. The lowest BCUT2D eigenvalue weighted by atomic mass is 10.1. The second-order valence-corrected chi connectivity index (χ2v) is 5.82. The average molecular weight is 354 g/mol. The van der Waals surface area contributed by atoms with Crippen molar-refractivity contribution in [3.8, 4) is 0 Å². The maximum absolute atomic E-state index is 12.4. The van der Waals surface area contributed by atoms with Crippen LogP contribution in [0.25, 0.3) is 0 Å². The third kappa shape index (κ3) is 3.52. The summed E-state index contributed by atoms with van der Waals surface area (Å²) in [5.74, 6) is -0.0732. The number of nitrogens with zero attached hydrogens (tertiary/aromatic N) is 1. The Bertz CT molecular complexity index is 646. The minimum Gasteiger partial charge on any atom is -0.399 e. The van der Waals surface area contributed by atoms with E-state index in [2.05, 4.69) is 15.9 Å². The molecule has 3 nitrogen and oxygen atoms in total. The maximum atomic E-state index is 12.4. The number of anilines is 1. The van der Waals surface area contributed by atoms with Gasteiger partial charge in [0, 0.05) is 28.8 Å². The van der Waals surface area contributed by atoms with Crippen LogP contribution in [-0.2, 0) is 6.54 Å².